The van der Waals surface area contributed by atoms with E-state index in [1.165, 1.54) is 31.0 Å². The van der Waals surface area contributed by atoms with Crippen LogP contribution in [0.5, 0.6) is 0 Å². The summed E-state index contributed by atoms with van der Waals surface area (Å²) in [6, 6.07) is 9.91. The van der Waals surface area contributed by atoms with E-state index in [4.69, 9.17) is 12.2 Å². The molecule has 2 heterocycles. The van der Waals surface area contributed by atoms with Crippen molar-refractivity contribution in [3.05, 3.63) is 40.8 Å². The number of nitrogens with zero attached hydrogens (tertiary/aromatic N) is 2. The Morgan fingerprint density at radius 2 is 1.86 bits per heavy atom. The van der Waals surface area contributed by atoms with Gasteiger partial charge < -0.3 is 0 Å². The van der Waals surface area contributed by atoms with Gasteiger partial charge in [0.1, 0.15) is 4.32 Å². The van der Waals surface area contributed by atoms with Gasteiger partial charge in [-0.1, -0.05) is 60.7 Å². The number of amides is 1. The van der Waals surface area contributed by atoms with Crippen LogP contribution in [0.15, 0.2) is 35.2 Å². The van der Waals surface area contributed by atoms with Crippen molar-refractivity contribution < 1.29 is 4.79 Å². The Morgan fingerprint density at radius 3 is 2.57 bits per heavy atom. The lowest BCUT2D eigenvalue weighted by atomic mass is 10.1. The summed E-state index contributed by atoms with van der Waals surface area (Å²) < 4.78 is 0.674. The standard InChI is InChI=1S/C16H18N2OS2/c19-15-14(11-13-7-3-1-4-8-13)21-16(20)18(15)12-17-9-5-2-6-10-17/h1,3-4,7-8,11H,2,5-6,9-10,12H2. The number of piperidine rings is 1. The third kappa shape index (κ3) is 3.54. The number of carbonyl (C=O) groups is 1. The molecule has 0 aromatic heterocycles. The Bertz CT molecular complexity index is 565. The first-order chi connectivity index (χ1) is 10.2. The molecule has 3 rings (SSSR count). The molecule has 1 amide bonds. The van der Waals surface area contributed by atoms with E-state index in [1.54, 1.807) is 4.90 Å². The van der Waals surface area contributed by atoms with Crippen molar-refractivity contribution in [3.63, 3.8) is 0 Å². The van der Waals surface area contributed by atoms with E-state index >= 15 is 0 Å². The highest BCUT2D eigenvalue weighted by atomic mass is 32.2. The summed E-state index contributed by atoms with van der Waals surface area (Å²) in [6.45, 7) is 2.76. The van der Waals surface area contributed by atoms with Gasteiger partial charge in [-0.05, 0) is 37.6 Å². The fourth-order valence-corrected chi connectivity index (χ4v) is 3.86. The molecule has 0 atom stereocenters. The van der Waals surface area contributed by atoms with Gasteiger partial charge in [0.15, 0.2) is 0 Å². The zero-order valence-corrected chi connectivity index (χ0v) is 13.5. The summed E-state index contributed by atoms with van der Waals surface area (Å²) in [5.74, 6) is 0.0411. The Labute approximate surface area is 135 Å². The third-order valence-electron chi connectivity index (χ3n) is 3.76. The van der Waals surface area contributed by atoms with E-state index in [-0.39, 0.29) is 5.91 Å². The predicted molar refractivity (Wildman–Crippen MR) is 91.7 cm³/mol. The molecule has 21 heavy (non-hydrogen) atoms. The molecule has 2 fully saturated rings. The van der Waals surface area contributed by atoms with E-state index in [0.717, 1.165) is 23.6 Å². The molecule has 0 saturated carbocycles. The predicted octanol–water partition coefficient (Wildman–Crippen LogP) is 3.33. The molecule has 0 spiro atoms. The summed E-state index contributed by atoms with van der Waals surface area (Å²) >= 11 is 6.79. The van der Waals surface area contributed by atoms with Gasteiger partial charge in [0, 0.05) is 0 Å². The average molecular weight is 318 g/mol. The molecular formula is C16H18N2OS2. The minimum atomic E-state index is 0.0411. The minimum absolute atomic E-state index is 0.0411. The van der Waals surface area contributed by atoms with E-state index in [9.17, 15) is 4.79 Å². The fourth-order valence-electron chi connectivity index (χ4n) is 2.62. The van der Waals surface area contributed by atoms with Gasteiger partial charge in [0.2, 0.25) is 0 Å². The number of rotatable bonds is 3. The average Bonchev–Trinajstić information content (AvgIpc) is 2.77. The van der Waals surface area contributed by atoms with Crippen molar-refractivity contribution in [1.82, 2.24) is 9.80 Å². The van der Waals surface area contributed by atoms with Gasteiger partial charge in [0.25, 0.3) is 5.91 Å². The van der Waals surface area contributed by atoms with Crippen molar-refractivity contribution in [3.8, 4) is 0 Å². The zero-order valence-electron chi connectivity index (χ0n) is 11.8. The summed E-state index contributed by atoms with van der Waals surface area (Å²) in [5.41, 5.74) is 1.04. The third-order valence-corrected chi connectivity index (χ3v) is 5.14. The maximum atomic E-state index is 12.5. The Kier molecular flexibility index (Phi) is 4.73. The van der Waals surface area contributed by atoms with Crippen LogP contribution >= 0.6 is 24.0 Å². The smallest absolute Gasteiger partial charge is 0.267 e. The molecule has 1 aromatic carbocycles. The van der Waals surface area contributed by atoms with Crippen LogP contribution in [0.2, 0.25) is 0 Å². The second kappa shape index (κ2) is 6.73. The van der Waals surface area contributed by atoms with Gasteiger partial charge in [-0.2, -0.15) is 0 Å². The van der Waals surface area contributed by atoms with Crippen LogP contribution in [0.3, 0.4) is 0 Å². The first-order valence-corrected chi connectivity index (χ1v) is 8.49. The van der Waals surface area contributed by atoms with Crippen molar-refractivity contribution >= 4 is 40.3 Å². The second-order valence-electron chi connectivity index (χ2n) is 5.34. The number of hydrogen-bond donors (Lipinski definition) is 0. The molecule has 110 valence electrons. The van der Waals surface area contributed by atoms with Crippen LogP contribution in [-0.4, -0.2) is 39.8 Å². The first kappa shape index (κ1) is 14.8. The number of hydrogen-bond acceptors (Lipinski definition) is 4. The van der Waals surface area contributed by atoms with Crippen LogP contribution in [0.1, 0.15) is 24.8 Å². The number of thioether (sulfide) groups is 1. The maximum absolute atomic E-state index is 12.5. The quantitative estimate of drug-likeness (QED) is 0.630. The topological polar surface area (TPSA) is 23.6 Å². The van der Waals surface area contributed by atoms with Crippen molar-refractivity contribution in [2.45, 2.75) is 19.3 Å². The lowest BCUT2D eigenvalue weighted by molar-refractivity contribution is -0.123. The molecule has 0 N–H and O–H groups in total. The molecular weight excluding hydrogens is 300 g/mol. The second-order valence-corrected chi connectivity index (χ2v) is 7.02. The molecule has 0 radical (unpaired) electrons. The summed E-state index contributed by atoms with van der Waals surface area (Å²) in [5, 5.41) is 0. The fraction of sp³-hybridized carbons (Fsp3) is 0.375. The molecule has 1 aromatic rings. The van der Waals surface area contributed by atoms with Crippen LogP contribution in [-0.2, 0) is 4.79 Å². The monoisotopic (exact) mass is 318 g/mol. The van der Waals surface area contributed by atoms with Crippen molar-refractivity contribution in [1.29, 1.82) is 0 Å². The highest BCUT2D eigenvalue weighted by Crippen LogP contribution is 2.32. The highest BCUT2D eigenvalue weighted by molar-refractivity contribution is 8.26. The van der Waals surface area contributed by atoms with Crippen LogP contribution < -0.4 is 0 Å². The van der Waals surface area contributed by atoms with Crippen molar-refractivity contribution in [2.75, 3.05) is 19.8 Å². The van der Waals surface area contributed by atoms with Gasteiger partial charge in [-0.15, -0.1) is 0 Å². The highest BCUT2D eigenvalue weighted by Gasteiger charge is 2.33. The number of likely N-dealkylation sites (tertiary alicyclic amines) is 1. The molecule has 0 aliphatic carbocycles. The summed E-state index contributed by atoms with van der Waals surface area (Å²) in [4.78, 5) is 17.3. The Hall–Kier alpha value is -1.17. The minimum Gasteiger partial charge on any atom is -0.286 e. The summed E-state index contributed by atoms with van der Waals surface area (Å²) in [6.07, 6.45) is 5.65. The molecule has 2 aliphatic rings. The number of thiocarbonyl (C=S) groups is 1. The molecule has 0 unspecified atom stereocenters. The largest absolute Gasteiger partial charge is 0.286 e. The SMILES string of the molecule is O=C1C(=Cc2ccccc2)SC(=S)N1CN1CCCCC1. The van der Waals surface area contributed by atoms with Crippen molar-refractivity contribution in [2.24, 2.45) is 0 Å². The number of carbonyl (C=O) groups excluding carboxylic acids is 1. The first-order valence-electron chi connectivity index (χ1n) is 7.27. The molecule has 2 aliphatic heterocycles. The maximum Gasteiger partial charge on any atom is 0.267 e. The summed E-state index contributed by atoms with van der Waals surface area (Å²) in [7, 11) is 0. The normalized spacial score (nSPS) is 22.3. The van der Waals surface area contributed by atoms with Gasteiger partial charge in [0.05, 0.1) is 11.6 Å². The van der Waals surface area contributed by atoms with Crippen LogP contribution in [0, 0.1) is 0 Å². The van der Waals surface area contributed by atoms with Gasteiger partial charge >= 0.3 is 0 Å². The van der Waals surface area contributed by atoms with E-state index in [0.29, 0.717) is 11.0 Å². The lowest BCUT2D eigenvalue weighted by Gasteiger charge is -2.29. The van der Waals surface area contributed by atoms with Gasteiger partial charge in [-0.3, -0.25) is 14.6 Å². The molecule has 5 heteroatoms. The van der Waals surface area contributed by atoms with E-state index in [1.807, 2.05) is 36.4 Å². The van der Waals surface area contributed by atoms with Crippen LogP contribution in [0.25, 0.3) is 6.08 Å². The molecule has 2 saturated heterocycles. The lowest BCUT2D eigenvalue weighted by Crippen LogP contribution is -2.42. The van der Waals surface area contributed by atoms with Crippen LogP contribution in [0.4, 0.5) is 0 Å². The van der Waals surface area contributed by atoms with Gasteiger partial charge in [-0.25, -0.2) is 0 Å². The Balaban J connectivity index is 1.71. The molecule has 0 bridgehead atoms. The Morgan fingerprint density at radius 1 is 1.14 bits per heavy atom. The molecule has 3 nitrogen and oxygen atoms in total. The number of benzene rings is 1. The zero-order chi connectivity index (χ0) is 14.7. The van der Waals surface area contributed by atoms with E-state index < -0.39 is 0 Å². The van der Waals surface area contributed by atoms with E-state index in [2.05, 4.69) is 4.90 Å².